The number of carbonyl (C=O) groups is 4. The number of carbonyl (C=O) groups excluding carboxylic acids is 4. The first-order valence-electron chi connectivity index (χ1n) is 21.2. The molecule has 2 atom stereocenters. The maximum Gasteiger partial charge on any atom is 0.513 e. The number of unbranched alkanes of at least 4 members (excludes halogenated alkanes) is 20. The molecule has 0 heterocycles. The summed E-state index contributed by atoms with van der Waals surface area (Å²) in [5.41, 5.74) is 0. The molecule has 0 aliphatic rings. The fourth-order valence-electron chi connectivity index (χ4n) is 5.68. The van der Waals surface area contributed by atoms with Crippen molar-refractivity contribution in [3.63, 3.8) is 0 Å². The molecule has 0 aromatic carbocycles. The van der Waals surface area contributed by atoms with Gasteiger partial charge in [-0.25, -0.2) is 18.7 Å². The zero-order valence-corrected chi connectivity index (χ0v) is 35.7. The molecule has 0 saturated carbocycles. The van der Waals surface area contributed by atoms with E-state index in [1.54, 1.807) is 0 Å². The Labute approximate surface area is 331 Å². The van der Waals surface area contributed by atoms with E-state index in [0.717, 1.165) is 38.5 Å². The van der Waals surface area contributed by atoms with E-state index >= 15 is 0 Å². The van der Waals surface area contributed by atoms with Crippen LogP contribution < -0.4 is 0 Å². The van der Waals surface area contributed by atoms with E-state index in [-0.39, 0.29) is 26.1 Å². The highest BCUT2D eigenvalue weighted by Crippen LogP contribution is 2.49. The first kappa shape index (κ1) is 52.6. The van der Waals surface area contributed by atoms with Gasteiger partial charge >= 0.3 is 38.0 Å². The van der Waals surface area contributed by atoms with Crippen LogP contribution in [-0.2, 0) is 51.6 Å². The van der Waals surface area contributed by atoms with Crippen LogP contribution in [0.1, 0.15) is 195 Å². The molecular formula is C40H75O14P. The largest absolute Gasteiger partial charge is 0.513 e. The number of phosphoric acid groups is 1. The van der Waals surface area contributed by atoms with Gasteiger partial charge in [-0.15, -0.1) is 0 Å². The van der Waals surface area contributed by atoms with Crippen LogP contribution in [0.2, 0.25) is 0 Å². The summed E-state index contributed by atoms with van der Waals surface area (Å²) >= 11 is 0. The van der Waals surface area contributed by atoms with Crippen LogP contribution in [0.4, 0.5) is 9.59 Å². The first-order chi connectivity index (χ1) is 26.5. The van der Waals surface area contributed by atoms with Crippen molar-refractivity contribution >= 4 is 32.1 Å². The molecule has 324 valence electrons. The smallest absolute Gasteiger partial charge is 0.462 e. The number of hydrogen-bond donors (Lipinski definition) is 1. The van der Waals surface area contributed by atoms with Gasteiger partial charge in [-0.2, -0.15) is 0 Å². The average molecular weight is 811 g/mol. The third-order valence-electron chi connectivity index (χ3n) is 8.81. The summed E-state index contributed by atoms with van der Waals surface area (Å²) in [6, 6.07) is 0. The zero-order chi connectivity index (χ0) is 41.0. The van der Waals surface area contributed by atoms with Crippen molar-refractivity contribution in [2.45, 2.75) is 207 Å². The van der Waals surface area contributed by atoms with Crippen LogP contribution in [0.25, 0.3) is 0 Å². The van der Waals surface area contributed by atoms with Crippen LogP contribution in [0, 0.1) is 0 Å². The second-order valence-corrected chi connectivity index (χ2v) is 15.2. The fraction of sp³-hybridized carbons (Fsp3) is 0.900. The number of rotatable bonds is 37. The minimum atomic E-state index is -5.21. The lowest BCUT2D eigenvalue weighted by Crippen LogP contribution is -2.42. The Morgan fingerprint density at radius 3 is 1.29 bits per heavy atom. The van der Waals surface area contributed by atoms with Crippen molar-refractivity contribution in [3.05, 3.63) is 0 Å². The Bertz CT molecular complexity index is 1020. The van der Waals surface area contributed by atoms with Crippen molar-refractivity contribution in [3.8, 4) is 0 Å². The topological polar surface area (TPSA) is 179 Å². The lowest BCUT2D eigenvalue weighted by atomic mass is 10.1. The Morgan fingerprint density at radius 1 is 0.527 bits per heavy atom. The third-order valence-corrected chi connectivity index (χ3v) is 9.79. The molecule has 0 aliphatic heterocycles. The zero-order valence-electron chi connectivity index (χ0n) is 34.8. The normalized spacial score (nSPS) is 13.1. The van der Waals surface area contributed by atoms with E-state index in [0.29, 0.717) is 12.8 Å². The van der Waals surface area contributed by atoms with Crippen LogP contribution in [0.15, 0.2) is 0 Å². The summed E-state index contributed by atoms with van der Waals surface area (Å²) in [7, 11) is -5.21. The standard InChI is InChI=1S/C40H75O14P/c1-6-11-13-15-17-19-21-23-25-27-29-31-36(41)49-33-35(51-37(42)32-30-28-26-24-22-20-18-16-14-12-7-2)34-50-55(45,46)54-40(8-3,52-38(43)47-9-4)53-39(44)48-10-5/h35H,6-34H2,1-5H3,(H,45,46). The second kappa shape index (κ2) is 34.8. The van der Waals surface area contributed by atoms with Crippen LogP contribution in [0.5, 0.6) is 0 Å². The summed E-state index contributed by atoms with van der Waals surface area (Å²) in [4.78, 5) is 60.2. The molecule has 1 N–H and O–H groups in total. The molecule has 0 spiro atoms. The van der Waals surface area contributed by atoms with E-state index in [1.807, 2.05) is 0 Å². The molecule has 0 aromatic rings. The number of hydrogen-bond acceptors (Lipinski definition) is 13. The second-order valence-electron chi connectivity index (χ2n) is 13.8. The Morgan fingerprint density at radius 2 is 0.909 bits per heavy atom. The van der Waals surface area contributed by atoms with Crippen LogP contribution in [-0.4, -0.2) is 67.6 Å². The van der Waals surface area contributed by atoms with Gasteiger partial charge in [-0.1, -0.05) is 149 Å². The molecule has 14 nitrogen and oxygen atoms in total. The number of phosphoric ester groups is 1. The molecule has 0 fully saturated rings. The van der Waals surface area contributed by atoms with Crippen molar-refractivity contribution in [1.82, 2.24) is 0 Å². The van der Waals surface area contributed by atoms with Gasteiger partial charge in [-0.05, 0) is 26.7 Å². The van der Waals surface area contributed by atoms with Gasteiger partial charge in [0.1, 0.15) is 6.61 Å². The summed E-state index contributed by atoms with van der Waals surface area (Å²) in [6.07, 6.45) is 20.6. The third kappa shape index (κ3) is 31.4. The lowest BCUT2D eigenvalue weighted by molar-refractivity contribution is -0.306. The Balaban J connectivity index is 5.18. The predicted molar refractivity (Wildman–Crippen MR) is 209 cm³/mol. The summed E-state index contributed by atoms with van der Waals surface area (Å²) in [5, 5.41) is 0. The molecule has 0 radical (unpaired) electrons. The highest BCUT2D eigenvalue weighted by atomic mass is 31.2. The van der Waals surface area contributed by atoms with Gasteiger partial charge in [0.15, 0.2) is 6.10 Å². The first-order valence-corrected chi connectivity index (χ1v) is 22.7. The lowest BCUT2D eigenvalue weighted by Gasteiger charge is -2.31. The Hall–Kier alpha value is -2.41. The van der Waals surface area contributed by atoms with E-state index in [2.05, 4.69) is 13.8 Å². The molecular weight excluding hydrogens is 735 g/mol. The average Bonchev–Trinajstić information content (AvgIpc) is 3.13. The van der Waals surface area contributed by atoms with E-state index in [9.17, 15) is 28.6 Å². The van der Waals surface area contributed by atoms with Gasteiger partial charge in [0.05, 0.1) is 26.2 Å². The maximum absolute atomic E-state index is 13.1. The van der Waals surface area contributed by atoms with Crippen molar-refractivity contribution in [2.75, 3.05) is 26.4 Å². The molecule has 15 heteroatoms. The van der Waals surface area contributed by atoms with Gasteiger partial charge in [-0.3, -0.25) is 14.1 Å². The number of ether oxygens (including phenoxy) is 6. The molecule has 0 amide bonds. The SMILES string of the molecule is CCCCCCCCCCCCCC(=O)OCC(COP(=O)(O)OC(CC)(OC(=O)OCC)OC(=O)OCC)OC(=O)CCCCCCCCCCCCC. The summed E-state index contributed by atoms with van der Waals surface area (Å²) < 4.78 is 53.5. The Kier molecular flexibility index (Phi) is 33.3. The highest BCUT2D eigenvalue weighted by Gasteiger charge is 2.47. The summed E-state index contributed by atoms with van der Waals surface area (Å²) in [5.74, 6) is -3.84. The monoisotopic (exact) mass is 810 g/mol. The van der Waals surface area contributed by atoms with Gasteiger partial charge in [0.2, 0.25) is 0 Å². The van der Waals surface area contributed by atoms with Gasteiger partial charge < -0.3 is 33.3 Å². The van der Waals surface area contributed by atoms with Gasteiger partial charge in [0.25, 0.3) is 0 Å². The van der Waals surface area contributed by atoms with Crippen molar-refractivity contribution < 1.29 is 66.1 Å². The molecule has 0 bridgehead atoms. The van der Waals surface area contributed by atoms with Crippen molar-refractivity contribution in [2.24, 2.45) is 0 Å². The van der Waals surface area contributed by atoms with E-state index in [4.69, 9.17) is 37.5 Å². The van der Waals surface area contributed by atoms with E-state index in [1.165, 1.54) is 111 Å². The molecule has 55 heavy (non-hydrogen) atoms. The molecule has 0 aromatic heterocycles. The molecule has 2 unspecified atom stereocenters. The van der Waals surface area contributed by atoms with Crippen LogP contribution in [0.3, 0.4) is 0 Å². The van der Waals surface area contributed by atoms with Crippen molar-refractivity contribution in [1.29, 1.82) is 0 Å². The van der Waals surface area contributed by atoms with Crippen LogP contribution >= 0.6 is 7.82 Å². The maximum atomic E-state index is 13.1. The summed E-state index contributed by atoms with van der Waals surface area (Å²) in [6.45, 7) is 7.34. The van der Waals surface area contributed by atoms with Gasteiger partial charge in [0, 0.05) is 12.8 Å². The predicted octanol–water partition coefficient (Wildman–Crippen LogP) is 11.4. The highest BCUT2D eigenvalue weighted by molar-refractivity contribution is 7.47. The molecule has 0 rings (SSSR count). The fourth-order valence-corrected chi connectivity index (χ4v) is 6.64. The molecule has 0 aliphatic carbocycles. The quantitative estimate of drug-likeness (QED) is 0.0206. The number of esters is 2. The molecule has 0 saturated heterocycles. The van der Waals surface area contributed by atoms with E-state index < -0.39 is 63.8 Å². The minimum Gasteiger partial charge on any atom is -0.462 e. The minimum absolute atomic E-state index is 0.104.